The highest BCUT2D eigenvalue weighted by Gasteiger charge is 2.19. The van der Waals surface area contributed by atoms with Crippen LogP contribution in [-0.4, -0.2) is 19.5 Å². The van der Waals surface area contributed by atoms with Gasteiger partial charge in [0.15, 0.2) is 0 Å². The minimum Gasteiger partial charge on any atom is -0.311 e. The van der Waals surface area contributed by atoms with Crippen LogP contribution in [0.3, 0.4) is 0 Å². The van der Waals surface area contributed by atoms with Crippen molar-refractivity contribution >= 4 is 0 Å². The van der Waals surface area contributed by atoms with Crippen molar-refractivity contribution in [1.82, 2.24) is 5.32 Å². The first-order chi connectivity index (χ1) is 7.77. The van der Waals surface area contributed by atoms with Crippen molar-refractivity contribution in [2.45, 2.75) is 31.6 Å². The van der Waals surface area contributed by atoms with E-state index in [2.05, 4.69) is 17.4 Å². The van der Waals surface area contributed by atoms with Gasteiger partial charge in [-0.15, -0.1) is 0 Å². The molecule has 2 rings (SSSR count). The van der Waals surface area contributed by atoms with Crippen LogP contribution in [0.5, 0.6) is 0 Å². The van der Waals surface area contributed by atoms with Gasteiger partial charge in [-0.25, -0.2) is 8.78 Å². The van der Waals surface area contributed by atoms with Crippen molar-refractivity contribution in [3.05, 3.63) is 35.4 Å². The predicted octanol–water partition coefficient (Wildman–Crippen LogP) is 2.96. The molecule has 3 heteroatoms. The Morgan fingerprint density at radius 1 is 1.31 bits per heavy atom. The molecule has 1 aliphatic rings. The Balaban J connectivity index is 1.96. The normalized spacial score (nSPS) is 19.8. The fourth-order valence-electron chi connectivity index (χ4n) is 2.43. The van der Waals surface area contributed by atoms with Crippen molar-refractivity contribution in [3.8, 4) is 0 Å². The van der Waals surface area contributed by atoms with Gasteiger partial charge in [-0.1, -0.05) is 24.3 Å². The third-order valence-electron chi connectivity index (χ3n) is 3.18. The lowest BCUT2D eigenvalue weighted by Crippen LogP contribution is -2.28. The van der Waals surface area contributed by atoms with E-state index in [4.69, 9.17) is 0 Å². The summed E-state index contributed by atoms with van der Waals surface area (Å²) in [4.78, 5) is 0. The van der Waals surface area contributed by atoms with E-state index in [-0.39, 0.29) is 6.54 Å². The minimum atomic E-state index is -2.25. The molecule has 0 heterocycles. The van der Waals surface area contributed by atoms with E-state index >= 15 is 0 Å². The summed E-state index contributed by atoms with van der Waals surface area (Å²) in [6, 6.07) is 8.36. The molecule has 1 unspecified atom stereocenters. The second kappa shape index (κ2) is 5.39. The van der Waals surface area contributed by atoms with Crippen LogP contribution in [0.15, 0.2) is 24.3 Å². The molecule has 16 heavy (non-hydrogen) atoms. The maximum absolute atomic E-state index is 12.0. The SMILES string of the molecule is FC(F)CNCC1CCCc2ccccc21. The zero-order chi connectivity index (χ0) is 11.4. The molecule has 88 valence electrons. The largest absolute Gasteiger partial charge is 0.311 e. The predicted molar refractivity (Wildman–Crippen MR) is 61.0 cm³/mol. The summed E-state index contributed by atoms with van der Waals surface area (Å²) in [5.74, 6) is 0.406. The topological polar surface area (TPSA) is 12.0 Å². The van der Waals surface area contributed by atoms with Crippen LogP contribution in [0.25, 0.3) is 0 Å². The fraction of sp³-hybridized carbons (Fsp3) is 0.538. The van der Waals surface area contributed by atoms with Gasteiger partial charge in [0.2, 0.25) is 0 Å². The number of nitrogens with one attached hydrogen (secondary N) is 1. The molecule has 0 aliphatic heterocycles. The molecule has 0 saturated heterocycles. The first-order valence-electron chi connectivity index (χ1n) is 5.84. The summed E-state index contributed by atoms with van der Waals surface area (Å²) >= 11 is 0. The van der Waals surface area contributed by atoms with Crippen molar-refractivity contribution < 1.29 is 8.78 Å². The maximum Gasteiger partial charge on any atom is 0.250 e. The fourth-order valence-corrected chi connectivity index (χ4v) is 2.43. The molecule has 0 bridgehead atoms. The number of hydrogen-bond acceptors (Lipinski definition) is 1. The third kappa shape index (κ3) is 2.79. The minimum absolute atomic E-state index is 0.196. The summed E-state index contributed by atoms with van der Waals surface area (Å²) < 4.78 is 24.0. The Morgan fingerprint density at radius 2 is 2.12 bits per heavy atom. The smallest absolute Gasteiger partial charge is 0.250 e. The average Bonchev–Trinajstić information content (AvgIpc) is 2.29. The van der Waals surface area contributed by atoms with E-state index in [0.717, 1.165) is 19.3 Å². The molecule has 1 N–H and O–H groups in total. The van der Waals surface area contributed by atoms with Crippen molar-refractivity contribution in [1.29, 1.82) is 0 Å². The Morgan fingerprint density at radius 3 is 2.94 bits per heavy atom. The Labute approximate surface area is 94.9 Å². The summed E-state index contributed by atoms with van der Waals surface area (Å²) in [7, 11) is 0. The van der Waals surface area contributed by atoms with Gasteiger partial charge >= 0.3 is 0 Å². The van der Waals surface area contributed by atoms with Gasteiger partial charge in [-0.05, 0) is 36.3 Å². The van der Waals surface area contributed by atoms with Crippen LogP contribution in [-0.2, 0) is 6.42 Å². The Bertz CT molecular complexity index is 338. The van der Waals surface area contributed by atoms with E-state index in [1.54, 1.807) is 0 Å². The standard InChI is InChI=1S/C13H17F2N/c14-13(15)9-16-8-11-6-3-5-10-4-1-2-7-12(10)11/h1-2,4,7,11,13,16H,3,5-6,8-9H2. The number of fused-ring (bicyclic) bond motifs is 1. The highest BCUT2D eigenvalue weighted by atomic mass is 19.3. The monoisotopic (exact) mass is 225 g/mol. The summed E-state index contributed by atoms with van der Waals surface area (Å²) in [6.07, 6.45) is 1.14. The molecule has 0 radical (unpaired) electrons. The highest BCUT2D eigenvalue weighted by Crippen LogP contribution is 2.30. The number of aryl methyl sites for hydroxylation is 1. The zero-order valence-corrected chi connectivity index (χ0v) is 9.26. The summed E-state index contributed by atoms with van der Waals surface area (Å²) in [5.41, 5.74) is 2.73. The van der Waals surface area contributed by atoms with Crippen LogP contribution in [0.1, 0.15) is 29.9 Å². The molecule has 1 atom stereocenters. The van der Waals surface area contributed by atoms with Gasteiger partial charge < -0.3 is 5.32 Å². The highest BCUT2D eigenvalue weighted by molar-refractivity contribution is 5.32. The number of rotatable bonds is 4. The van der Waals surface area contributed by atoms with Gasteiger partial charge in [-0.3, -0.25) is 0 Å². The molecule has 0 amide bonds. The third-order valence-corrected chi connectivity index (χ3v) is 3.18. The second-order valence-electron chi connectivity index (χ2n) is 4.34. The van der Waals surface area contributed by atoms with Gasteiger partial charge in [0.1, 0.15) is 0 Å². The number of hydrogen-bond donors (Lipinski definition) is 1. The van der Waals surface area contributed by atoms with Gasteiger partial charge in [-0.2, -0.15) is 0 Å². The maximum atomic E-state index is 12.0. The molecule has 0 fully saturated rings. The van der Waals surface area contributed by atoms with Gasteiger partial charge in [0, 0.05) is 6.54 Å². The van der Waals surface area contributed by atoms with Crippen molar-refractivity contribution in [3.63, 3.8) is 0 Å². The Hall–Kier alpha value is -0.960. The molecular formula is C13H17F2N. The van der Waals surface area contributed by atoms with Crippen LogP contribution in [0, 0.1) is 0 Å². The van der Waals surface area contributed by atoms with E-state index in [1.165, 1.54) is 11.1 Å². The molecule has 1 aliphatic carbocycles. The van der Waals surface area contributed by atoms with Crippen LogP contribution >= 0.6 is 0 Å². The zero-order valence-electron chi connectivity index (χ0n) is 9.26. The first kappa shape index (κ1) is 11.5. The molecule has 0 spiro atoms. The first-order valence-corrected chi connectivity index (χ1v) is 5.84. The van der Waals surface area contributed by atoms with Crippen molar-refractivity contribution in [2.24, 2.45) is 0 Å². The molecule has 0 saturated carbocycles. The van der Waals surface area contributed by atoms with E-state index in [1.807, 2.05) is 12.1 Å². The van der Waals surface area contributed by atoms with Crippen LogP contribution < -0.4 is 5.32 Å². The van der Waals surface area contributed by atoms with Crippen LogP contribution in [0.4, 0.5) is 8.78 Å². The lowest BCUT2D eigenvalue weighted by atomic mass is 9.83. The van der Waals surface area contributed by atoms with E-state index in [9.17, 15) is 8.78 Å². The molecule has 1 aromatic rings. The number of halogens is 2. The van der Waals surface area contributed by atoms with Gasteiger partial charge in [0.05, 0.1) is 6.54 Å². The van der Waals surface area contributed by atoms with E-state index < -0.39 is 6.43 Å². The lowest BCUT2D eigenvalue weighted by molar-refractivity contribution is 0.145. The molecule has 1 nitrogen and oxygen atoms in total. The molecule has 0 aromatic heterocycles. The molecular weight excluding hydrogens is 208 g/mol. The van der Waals surface area contributed by atoms with Crippen LogP contribution in [0.2, 0.25) is 0 Å². The quantitative estimate of drug-likeness (QED) is 0.830. The summed E-state index contributed by atoms with van der Waals surface area (Å²) in [5, 5.41) is 2.85. The van der Waals surface area contributed by atoms with Gasteiger partial charge in [0.25, 0.3) is 6.43 Å². The average molecular weight is 225 g/mol. The van der Waals surface area contributed by atoms with Crippen molar-refractivity contribution in [2.75, 3.05) is 13.1 Å². The number of benzene rings is 1. The molecule has 1 aromatic carbocycles. The number of alkyl halides is 2. The Kier molecular flexibility index (Phi) is 3.88. The second-order valence-corrected chi connectivity index (χ2v) is 4.34. The summed E-state index contributed by atoms with van der Waals surface area (Å²) in [6.45, 7) is 0.472. The van der Waals surface area contributed by atoms with E-state index in [0.29, 0.717) is 12.5 Å². The lowest BCUT2D eigenvalue weighted by Gasteiger charge is -2.25.